The average Bonchev–Trinajstić information content (AvgIpc) is 3.13. The SMILES string of the molecule is CSc1c(F)c2c3nonc3c(C(C)(C)C)nc2c2nonc12. The maximum absolute atomic E-state index is 15.0. The Morgan fingerprint density at radius 1 is 0.870 bits per heavy atom. The Labute approximate surface area is 133 Å². The number of hydrogen-bond donors (Lipinski definition) is 0. The van der Waals surface area contributed by atoms with Crippen LogP contribution < -0.4 is 0 Å². The largest absolute Gasteiger partial charge is 0.247 e. The molecular weight excluding hydrogens is 321 g/mol. The Kier molecular flexibility index (Phi) is 2.87. The highest BCUT2D eigenvalue weighted by Crippen LogP contribution is 2.39. The van der Waals surface area contributed by atoms with Crippen molar-refractivity contribution >= 4 is 44.7 Å². The molecule has 9 heteroatoms. The Balaban J connectivity index is 2.33. The van der Waals surface area contributed by atoms with Gasteiger partial charge < -0.3 is 0 Å². The molecule has 3 heterocycles. The van der Waals surface area contributed by atoms with Crippen LogP contribution in [0.1, 0.15) is 26.5 Å². The summed E-state index contributed by atoms with van der Waals surface area (Å²) in [5, 5.41) is 15.8. The summed E-state index contributed by atoms with van der Waals surface area (Å²) in [6, 6.07) is 0. The van der Waals surface area contributed by atoms with E-state index in [1.165, 1.54) is 11.8 Å². The van der Waals surface area contributed by atoms with Gasteiger partial charge in [0.15, 0.2) is 22.4 Å². The zero-order valence-corrected chi connectivity index (χ0v) is 13.7. The molecule has 0 aliphatic carbocycles. The summed E-state index contributed by atoms with van der Waals surface area (Å²) < 4.78 is 24.7. The molecule has 0 N–H and O–H groups in total. The van der Waals surface area contributed by atoms with Crippen LogP contribution >= 0.6 is 11.8 Å². The fourth-order valence-electron chi connectivity index (χ4n) is 2.64. The Hall–Kier alpha value is -2.29. The van der Waals surface area contributed by atoms with Gasteiger partial charge in [0.05, 0.1) is 16.0 Å². The maximum Gasteiger partial charge on any atom is 0.162 e. The number of nitrogens with zero attached hydrogens (tertiary/aromatic N) is 5. The third kappa shape index (κ3) is 1.86. The van der Waals surface area contributed by atoms with Crippen LogP contribution in [-0.2, 0) is 5.41 Å². The van der Waals surface area contributed by atoms with Crippen LogP contribution in [0.15, 0.2) is 14.2 Å². The molecule has 0 amide bonds. The molecule has 1 aromatic carbocycles. The number of thioether (sulfide) groups is 1. The topological polar surface area (TPSA) is 90.7 Å². The van der Waals surface area contributed by atoms with Gasteiger partial charge in [0.1, 0.15) is 11.0 Å². The number of rotatable bonds is 1. The van der Waals surface area contributed by atoms with Crippen molar-refractivity contribution in [1.29, 1.82) is 0 Å². The van der Waals surface area contributed by atoms with Crippen LogP contribution in [0.3, 0.4) is 0 Å². The summed E-state index contributed by atoms with van der Waals surface area (Å²) in [7, 11) is 0. The number of halogens is 1. The van der Waals surface area contributed by atoms with Crippen molar-refractivity contribution in [2.75, 3.05) is 6.26 Å². The molecule has 0 saturated carbocycles. The molecule has 4 aromatic rings. The van der Waals surface area contributed by atoms with Gasteiger partial charge in [-0.2, -0.15) is 0 Å². The van der Waals surface area contributed by atoms with Crippen molar-refractivity contribution in [3.05, 3.63) is 11.5 Å². The minimum atomic E-state index is -0.468. The predicted molar refractivity (Wildman–Crippen MR) is 82.9 cm³/mol. The Bertz CT molecular complexity index is 1070. The van der Waals surface area contributed by atoms with Gasteiger partial charge in [-0.05, 0) is 26.9 Å². The van der Waals surface area contributed by atoms with Gasteiger partial charge in [-0.25, -0.2) is 18.6 Å². The minimum Gasteiger partial charge on any atom is -0.247 e. The van der Waals surface area contributed by atoms with Gasteiger partial charge in [-0.3, -0.25) is 0 Å². The van der Waals surface area contributed by atoms with Crippen LogP contribution in [0.4, 0.5) is 4.39 Å². The molecular formula is C14H12FN5O2S. The van der Waals surface area contributed by atoms with E-state index < -0.39 is 5.82 Å². The molecule has 0 spiro atoms. The summed E-state index contributed by atoms with van der Waals surface area (Å²) in [5.41, 5.74) is 2.21. The number of pyridine rings is 1. The second kappa shape index (κ2) is 4.60. The molecule has 0 saturated heterocycles. The van der Waals surface area contributed by atoms with Gasteiger partial charge in [0.2, 0.25) is 0 Å². The van der Waals surface area contributed by atoms with Gasteiger partial charge in [0, 0.05) is 5.41 Å². The molecule has 0 aliphatic heterocycles. The van der Waals surface area contributed by atoms with Crippen LogP contribution in [0, 0.1) is 5.82 Å². The van der Waals surface area contributed by atoms with Gasteiger partial charge in [0.25, 0.3) is 0 Å². The number of hydrogen-bond acceptors (Lipinski definition) is 8. The summed E-state index contributed by atoms with van der Waals surface area (Å²) in [6.45, 7) is 5.96. The lowest BCUT2D eigenvalue weighted by atomic mass is 9.90. The zero-order chi connectivity index (χ0) is 16.4. The molecule has 0 fully saturated rings. The van der Waals surface area contributed by atoms with E-state index in [2.05, 4.69) is 25.6 Å². The number of aromatic nitrogens is 5. The minimum absolute atomic E-state index is 0.224. The lowest BCUT2D eigenvalue weighted by molar-refractivity contribution is 0.315. The summed E-state index contributed by atoms with van der Waals surface area (Å²) in [6.07, 6.45) is 1.76. The first-order valence-electron chi connectivity index (χ1n) is 6.87. The quantitative estimate of drug-likeness (QED) is 0.489. The lowest BCUT2D eigenvalue weighted by Gasteiger charge is -2.18. The molecule has 118 valence electrons. The van der Waals surface area contributed by atoms with E-state index in [-0.39, 0.29) is 10.8 Å². The van der Waals surface area contributed by atoms with Crippen molar-refractivity contribution in [3.8, 4) is 0 Å². The zero-order valence-electron chi connectivity index (χ0n) is 12.8. The van der Waals surface area contributed by atoms with E-state index in [9.17, 15) is 0 Å². The smallest absolute Gasteiger partial charge is 0.162 e. The van der Waals surface area contributed by atoms with E-state index in [4.69, 9.17) is 9.26 Å². The van der Waals surface area contributed by atoms with E-state index in [1.807, 2.05) is 20.8 Å². The van der Waals surface area contributed by atoms with Crippen molar-refractivity contribution in [2.45, 2.75) is 31.1 Å². The summed E-state index contributed by atoms with van der Waals surface area (Å²) in [4.78, 5) is 4.95. The average molecular weight is 333 g/mol. The lowest BCUT2D eigenvalue weighted by Crippen LogP contribution is -2.15. The van der Waals surface area contributed by atoms with Gasteiger partial charge in [-0.15, -0.1) is 11.8 Å². The highest BCUT2D eigenvalue weighted by atomic mass is 32.2. The van der Waals surface area contributed by atoms with Crippen molar-refractivity contribution < 1.29 is 13.6 Å². The molecule has 23 heavy (non-hydrogen) atoms. The Morgan fingerprint density at radius 2 is 1.48 bits per heavy atom. The first kappa shape index (κ1) is 14.3. The number of benzene rings is 1. The van der Waals surface area contributed by atoms with Crippen LogP contribution in [0.5, 0.6) is 0 Å². The van der Waals surface area contributed by atoms with Gasteiger partial charge >= 0.3 is 0 Å². The summed E-state index contributed by atoms with van der Waals surface area (Å²) in [5.74, 6) is -0.468. The standard InChI is InChI=1S/C14H12FN5O2S/c1-14(2,3)13-11-8(17-21-20-11)5-6(15)12(23-4)10-9(7(5)16-13)18-22-19-10/h1-4H3. The normalized spacial score (nSPS) is 12.7. The number of fused-ring (bicyclic) bond motifs is 5. The monoisotopic (exact) mass is 333 g/mol. The van der Waals surface area contributed by atoms with Crippen molar-refractivity contribution in [2.24, 2.45) is 0 Å². The van der Waals surface area contributed by atoms with E-state index >= 15 is 4.39 Å². The second-order valence-electron chi connectivity index (χ2n) is 6.20. The van der Waals surface area contributed by atoms with Crippen LogP contribution in [0.25, 0.3) is 33.0 Å². The molecule has 4 rings (SSSR count). The third-order valence-corrected chi connectivity index (χ3v) is 4.45. The van der Waals surface area contributed by atoms with Crippen LogP contribution in [-0.4, -0.2) is 31.9 Å². The van der Waals surface area contributed by atoms with Crippen molar-refractivity contribution in [3.63, 3.8) is 0 Å². The maximum atomic E-state index is 15.0. The van der Waals surface area contributed by atoms with E-state index in [0.717, 1.165) is 0 Å². The Morgan fingerprint density at radius 3 is 2.13 bits per heavy atom. The fourth-order valence-corrected chi connectivity index (χ4v) is 3.25. The van der Waals surface area contributed by atoms with Crippen molar-refractivity contribution in [1.82, 2.24) is 25.6 Å². The molecule has 3 aromatic heterocycles. The molecule has 0 radical (unpaired) electrons. The summed E-state index contributed by atoms with van der Waals surface area (Å²) >= 11 is 1.22. The molecule has 0 atom stereocenters. The molecule has 0 aliphatic rings. The fraction of sp³-hybridized carbons (Fsp3) is 0.357. The molecule has 0 bridgehead atoms. The van der Waals surface area contributed by atoms with Gasteiger partial charge in [-0.1, -0.05) is 20.8 Å². The first-order valence-corrected chi connectivity index (χ1v) is 8.10. The molecule has 7 nitrogen and oxygen atoms in total. The molecule has 0 unspecified atom stereocenters. The van der Waals surface area contributed by atoms with Crippen LogP contribution in [0.2, 0.25) is 0 Å². The predicted octanol–water partition coefficient (Wildman–Crippen LogP) is 3.47. The van der Waals surface area contributed by atoms with E-state index in [1.54, 1.807) is 6.26 Å². The second-order valence-corrected chi connectivity index (χ2v) is 7.02. The third-order valence-electron chi connectivity index (χ3n) is 3.67. The highest BCUT2D eigenvalue weighted by Gasteiger charge is 2.28. The van der Waals surface area contributed by atoms with E-state index in [0.29, 0.717) is 38.2 Å². The first-order chi connectivity index (χ1) is 10.9. The highest BCUT2D eigenvalue weighted by molar-refractivity contribution is 7.98.